The van der Waals surface area contributed by atoms with Gasteiger partial charge in [0.05, 0.1) is 19.8 Å². The molecule has 4 atom stereocenters. The van der Waals surface area contributed by atoms with E-state index in [-0.39, 0.29) is 47.6 Å². The Morgan fingerprint density at radius 3 is 2.22 bits per heavy atom. The smallest absolute Gasteiger partial charge is 0.469 e. The van der Waals surface area contributed by atoms with Crippen LogP contribution in [0.25, 0.3) is 0 Å². The average Bonchev–Trinajstić information content (AvgIpc) is 2.98. The molecule has 1 radical (unpaired) electrons. The van der Waals surface area contributed by atoms with Gasteiger partial charge >= 0.3 is 13.8 Å². The minimum atomic E-state index is -4.67. The summed E-state index contributed by atoms with van der Waals surface area (Å²) < 4.78 is 15.5. The van der Waals surface area contributed by atoms with E-state index >= 15 is 0 Å². The number of amides is 1. The Kier molecular flexibility index (Phi) is 19.1. The third-order valence-electron chi connectivity index (χ3n) is 5.64. The molecule has 10 N–H and O–H groups in total. The molecule has 0 bridgehead atoms. The summed E-state index contributed by atoms with van der Waals surface area (Å²) in [5.74, 6) is -1.01. The number of aromatic nitrogens is 2. The van der Waals surface area contributed by atoms with Crippen molar-refractivity contribution in [2.75, 3.05) is 18.9 Å². The molecule has 0 aliphatic heterocycles. The number of anilines is 1. The number of rotatable bonds is 15. The van der Waals surface area contributed by atoms with E-state index in [0.717, 1.165) is 11.8 Å². The first-order valence-electron chi connectivity index (χ1n) is 12.5. The molecule has 0 saturated heterocycles. The van der Waals surface area contributed by atoms with E-state index in [1.165, 1.54) is 11.1 Å². The summed E-state index contributed by atoms with van der Waals surface area (Å²) in [5, 5.41) is 51.5. The van der Waals surface area contributed by atoms with Crippen molar-refractivity contribution >= 4 is 42.9 Å². The second kappa shape index (κ2) is 20.4. The fourth-order valence-corrected chi connectivity index (χ4v) is 4.45. The predicted molar refractivity (Wildman–Crippen MR) is 155 cm³/mol. The Morgan fingerprint density at radius 1 is 1.13 bits per heavy atom. The van der Waals surface area contributed by atoms with Crippen LogP contribution in [0.1, 0.15) is 35.1 Å². The van der Waals surface area contributed by atoms with Crippen LogP contribution >= 0.6 is 19.6 Å². The normalized spacial score (nSPS) is 14.3. The quantitative estimate of drug-likeness (QED) is 0.0613. The number of phosphoric acid groups is 1. The van der Waals surface area contributed by atoms with Gasteiger partial charge in [-0.05, 0) is 25.6 Å². The molecule has 1 heterocycles. The molecule has 1 amide bonds. The maximum Gasteiger partial charge on any atom is 0.469 e. The Hall–Kier alpha value is -2.77. The van der Waals surface area contributed by atoms with Crippen LogP contribution in [0.15, 0.2) is 47.1 Å². The van der Waals surface area contributed by atoms with Gasteiger partial charge in [0.25, 0.3) is 0 Å². The molecule has 2 rings (SSSR count). The van der Waals surface area contributed by atoms with Crippen LogP contribution < -0.4 is 5.73 Å². The topological polar surface area (TPSA) is 294 Å². The number of phosphoric ester groups is 1. The van der Waals surface area contributed by atoms with Crippen LogP contribution in [0.2, 0.25) is 0 Å². The van der Waals surface area contributed by atoms with Gasteiger partial charge < -0.3 is 51.1 Å². The number of nitrogens with zero attached hydrogens (tertiary/aromatic N) is 3. The fraction of sp³-hybridized carbons (Fsp3) is 0.400. The number of nitrogens with two attached hydrogens (primary N) is 1. The second-order valence-electron chi connectivity index (χ2n) is 8.91. The van der Waals surface area contributed by atoms with E-state index in [1.807, 2.05) is 0 Å². The van der Waals surface area contributed by atoms with Crippen LogP contribution in [0.3, 0.4) is 0 Å². The minimum Gasteiger partial charge on any atom is -0.479 e. The largest absolute Gasteiger partial charge is 0.479 e. The van der Waals surface area contributed by atoms with Crippen molar-refractivity contribution in [1.82, 2.24) is 14.9 Å². The number of aliphatic hydroxyl groups excluding tert-OH is 5. The van der Waals surface area contributed by atoms with Gasteiger partial charge in [0.15, 0.2) is 6.10 Å². The summed E-state index contributed by atoms with van der Waals surface area (Å²) in [6.45, 7) is 2.19. The van der Waals surface area contributed by atoms with E-state index in [4.69, 9.17) is 46.2 Å². The minimum absolute atomic E-state index is 0. The van der Waals surface area contributed by atoms with Crippen LogP contribution in [0.5, 0.6) is 0 Å². The monoisotopic (exact) mass is 725 g/mol. The van der Waals surface area contributed by atoms with Crippen molar-refractivity contribution in [3.63, 3.8) is 0 Å². The number of thioether (sulfide) groups is 1. The van der Waals surface area contributed by atoms with E-state index in [0.29, 0.717) is 34.0 Å². The molecule has 0 saturated carbocycles. The van der Waals surface area contributed by atoms with Gasteiger partial charge in [0, 0.05) is 51.4 Å². The van der Waals surface area contributed by atoms with E-state index in [2.05, 4.69) is 14.5 Å². The first kappa shape index (κ1) is 42.2. The Morgan fingerprint density at radius 2 is 1.73 bits per heavy atom. The molecular formula is C25H35CuN4O13PS. The Bertz CT molecular complexity index is 1340. The maximum absolute atomic E-state index is 12.7. The third kappa shape index (κ3) is 14.9. The number of allylic oxidation sites excluding steroid dienone is 1. The molecular weight excluding hydrogens is 691 g/mol. The summed E-state index contributed by atoms with van der Waals surface area (Å²) in [7, 11) is -4.67. The number of benzene rings is 1. The molecule has 0 aliphatic rings. The van der Waals surface area contributed by atoms with Gasteiger partial charge in [-0.3, -0.25) is 14.1 Å². The van der Waals surface area contributed by atoms with Crippen LogP contribution in [0.4, 0.5) is 5.82 Å². The zero-order chi connectivity index (χ0) is 33.6. The molecule has 1 aromatic heterocycles. The number of carbonyl (C=O) groups excluding carboxylic acids is 2. The Balaban J connectivity index is 0.00000117. The zero-order valence-electron chi connectivity index (χ0n) is 23.9. The number of aryl methyl sites for hydroxylation is 1. The number of carboxylic acid groups (broad SMARTS) is 1. The van der Waals surface area contributed by atoms with Gasteiger partial charge in [-0.25, -0.2) is 19.3 Å². The molecule has 1 aromatic carbocycles. The number of nitrogen functional groups attached to an aromatic ring is 1. The molecule has 45 heavy (non-hydrogen) atoms. The summed E-state index contributed by atoms with van der Waals surface area (Å²) in [6, 6.07) is 8.52. The van der Waals surface area contributed by atoms with Crippen molar-refractivity contribution < 1.29 is 81.0 Å². The van der Waals surface area contributed by atoms with Crippen molar-refractivity contribution in [3.05, 3.63) is 64.1 Å². The van der Waals surface area contributed by atoms with Gasteiger partial charge in [0.1, 0.15) is 30.0 Å². The molecule has 0 aliphatic carbocycles. The van der Waals surface area contributed by atoms with E-state index in [9.17, 15) is 18.9 Å². The molecule has 0 fully saturated rings. The van der Waals surface area contributed by atoms with Gasteiger partial charge in [-0.15, -0.1) is 0 Å². The standard InChI is InChI=1S/C19H23N4O6PS.C6H12O7.Cu/c1-13(23(12-24)11-16-10-21-14(2)22-18(16)20)17(8-9-29-30(26,27)28)31-19(25)15-6-4-3-5-7-15;7-1-2(8)3(9)4(10)5(11)6(12)13;/h3-7,10,12H,8-9,11H2,1-2H3,(H2,20,21,22)(H2,26,27,28);2-5,7-11H,1H2,(H,12,13);/b17-13-;;/t;2-,3-,4+,5-;/m.1./s1. The molecule has 255 valence electrons. The van der Waals surface area contributed by atoms with Gasteiger partial charge in [-0.1, -0.05) is 30.3 Å². The average molecular weight is 726 g/mol. The summed E-state index contributed by atoms with van der Waals surface area (Å²) in [4.78, 5) is 62.3. The fourth-order valence-electron chi connectivity index (χ4n) is 3.19. The van der Waals surface area contributed by atoms with Gasteiger partial charge in [0.2, 0.25) is 11.5 Å². The molecule has 0 spiro atoms. The van der Waals surface area contributed by atoms with E-state index < -0.39 is 44.8 Å². The molecule has 2 aromatic rings. The summed E-state index contributed by atoms with van der Waals surface area (Å²) in [6.07, 6.45) is -5.74. The van der Waals surface area contributed by atoms with Crippen molar-refractivity contribution in [3.8, 4) is 0 Å². The summed E-state index contributed by atoms with van der Waals surface area (Å²) in [5.41, 5.74) is 7.29. The molecule has 20 heteroatoms. The van der Waals surface area contributed by atoms with Crippen LogP contribution in [-0.4, -0.2) is 110 Å². The molecule has 0 unspecified atom stereocenters. The maximum atomic E-state index is 12.7. The second-order valence-corrected chi connectivity index (χ2v) is 11.2. The van der Waals surface area contributed by atoms with E-state index in [1.54, 1.807) is 44.2 Å². The van der Waals surface area contributed by atoms with Crippen molar-refractivity contribution in [2.45, 2.75) is 51.2 Å². The number of hydrogen-bond donors (Lipinski definition) is 9. The van der Waals surface area contributed by atoms with Crippen LogP contribution in [0, 0.1) is 6.92 Å². The third-order valence-corrected chi connectivity index (χ3v) is 7.33. The predicted octanol–water partition coefficient (Wildman–Crippen LogP) is -0.865. The SMILES string of the molecule is C/C(=C(\CCOP(=O)(O)O)SC(=O)c1ccccc1)N(C=O)Cc1cnc(C)nc1N.O=C(O)[C@H](O)[C@@H](O)[C@H](O)[C@H](O)CO.[Cu]. The first-order chi connectivity index (χ1) is 20.5. The number of carbonyl (C=O) groups is 3. The summed E-state index contributed by atoms with van der Waals surface area (Å²) >= 11 is 0.862. The van der Waals surface area contributed by atoms with Crippen molar-refractivity contribution in [2.24, 2.45) is 0 Å². The number of carboxylic acids is 1. The van der Waals surface area contributed by atoms with Gasteiger partial charge in [-0.2, -0.15) is 0 Å². The van der Waals surface area contributed by atoms with Crippen molar-refractivity contribution in [1.29, 1.82) is 0 Å². The first-order valence-corrected chi connectivity index (χ1v) is 14.9. The van der Waals surface area contributed by atoms with Crippen LogP contribution in [-0.2, 0) is 42.3 Å². The number of aliphatic carboxylic acids is 1. The number of hydrogen-bond acceptors (Lipinski definition) is 14. The number of aliphatic hydroxyl groups is 5. The zero-order valence-corrected chi connectivity index (χ0v) is 26.5. The Labute approximate surface area is 272 Å². The molecule has 17 nitrogen and oxygen atoms in total.